The minimum atomic E-state index is -1.44. The second kappa shape index (κ2) is 11.6. The fourth-order valence-electron chi connectivity index (χ4n) is 5.51. The molecule has 1 unspecified atom stereocenters. The van der Waals surface area contributed by atoms with Crippen LogP contribution in [0.4, 0.5) is 0 Å². The Morgan fingerprint density at radius 3 is 2.41 bits per heavy atom. The van der Waals surface area contributed by atoms with Gasteiger partial charge in [-0.05, 0) is 66.3 Å². The first-order valence-corrected chi connectivity index (χ1v) is 13.6. The van der Waals surface area contributed by atoms with Gasteiger partial charge in [0.25, 0.3) is 0 Å². The molecule has 0 aliphatic carbocycles. The lowest BCUT2D eigenvalue weighted by molar-refractivity contribution is -0.231. The number of benzene rings is 3. The minimum Gasteiger partial charge on any atom is -0.493 e. The summed E-state index contributed by atoms with van der Waals surface area (Å²) in [5, 5.41) is 40.8. The first kappa shape index (κ1) is 28.1. The topological polar surface area (TPSA) is 109 Å². The van der Waals surface area contributed by atoms with Crippen molar-refractivity contribution >= 4 is 11.6 Å². The average molecular weight is 555 g/mol. The van der Waals surface area contributed by atoms with E-state index in [1.807, 2.05) is 42.5 Å². The van der Waals surface area contributed by atoms with Crippen LogP contribution in [0.5, 0.6) is 5.75 Å². The van der Waals surface area contributed by atoms with Crippen molar-refractivity contribution in [1.29, 1.82) is 0 Å². The molecule has 2 heterocycles. The van der Waals surface area contributed by atoms with Gasteiger partial charge in [0.1, 0.15) is 36.3 Å². The summed E-state index contributed by atoms with van der Waals surface area (Å²) < 4.78 is 18.0. The van der Waals surface area contributed by atoms with Crippen molar-refractivity contribution in [1.82, 2.24) is 0 Å². The van der Waals surface area contributed by atoms with Crippen molar-refractivity contribution in [2.45, 2.75) is 68.9 Å². The molecule has 8 heteroatoms. The zero-order valence-electron chi connectivity index (χ0n) is 22.0. The molecule has 6 atom stereocenters. The van der Waals surface area contributed by atoms with E-state index in [4.69, 9.17) is 25.8 Å². The normalized spacial score (nSPS) is 27.8. The van der Waals surface area contributed by atoms with Crippen molar-refractivity contribution in [3.05, 3.63) is 99.6 Å². The Bertz CT molecular complexity index is 1280. The molecule has 0 spiro atoms. The summed E-state index contributed by atoms with van der Waals surface area (Å²) >= 11 is 6.48. The molecule has 0 bridgehead atoms. The Labute approximate surface area is 233 Å². The van der Waals surface area contributed by atoms with Crippen LogP contribution in [-0.2, 0) is 21.5 Å². The van der Waals surface area contributed by atoms with Crippen molar-refractivity contribution in [2.24, 2.45) is 0 Å². The van der Waals surface area contributed by atoms with Crippen molar-refractivity contribution in [2.75, 3.05) is 13.2 Å². The van der Waals surface area contributed by atoms with Crippen LogP contribution in [0.15, 0.2) is 66.7 Å². The highest BCUT2D eigenvalue weighted by molar-refractivity contribution is 6.31. The molecular weight excluding hydrogens is 520 g/mol. The molecule has 4 N–H and O–H groups in total. The van der Waals surface area contributed by atoms with Crippen molar-refractivity contribution in [3.8, 4) is 5.75 Å². The lowest BCUT2D eigenvalue weighted by Gasteiger charge is -2.40. The maximum Gasteiger partial charge on any atom is 0.119 e. The molecular formula is C31H35ClO7. The van der Waals surface area contributed by atoms with Crippen LogP contribution in [0.1, 0.15) is 60.3 Å². The second-order valence-corrected chi connectivity index (χ2v) is 11.2. The molecule has 0 radical (unpaired) electrons. The van der Waals surface area contributed by atoms with Gasteiger partial charge < -0.3 is 34.6 Å². The van der Waals surface area contributed by atoms with E-state index in [0.717, 1.165) is 23.3 Å². The van der Waals surface area contributed by atoms with Gasteiger partial charge in [-0.25, -0.2) is 0 Å². The Kier molecular flexibility index (Phi) is 8.31. The summed E-state index contributed by atoms with van der Waals surface area (Å²) in [5.74, 6) is 0.769. The summed E-state index contributed by atoms with van der Waals surface area (Å²) in [4.78, 5) is 0. The van der Waals surface area contributed by atoms with Gasteiger partial charge in [0.05, 0.1) is 24.9 Å². The van der Waals surface area contributed by atoms with E-state index < -0.39 is 37.1 Å². The molecule has 5 rings (SSSR count). The monoisotopic (exact) mass is 554 g/mol. The number of aliphatic hydroxyl groups excluding tert-OH is 4. The van der Waals surface area contributed by atoms with Crippen molar-refractivity contribution < 1.29 is 34.6 Å². The van der Waals surface area contributed by atoms with E-state index in [1.54, 1.807) is 12.1 Å². The fourth-order valence-corrected chi connectivity index (χ4v) is 5.70. The highest BCUT2D eigenvalue weighted by Gasteiger charge is 2.44. The van der Waals surface area contributed by atoms with Gasteiger partial charge in [0, 0.05) is 11.4 Å². The molecule has 39 heavy (non-hydrogen) atoms. The van der Waals surface area contributed by atoms with E-state index in [2.05, 4.69) is 26.0 Å². The van der Waals surface area contributed by atoms with Gasteiger partial charge in [-0.15, -0.1) is 0 Å². The number of ether oxygens (including phenoxy) is 3. The zero-order chi connectivity index (χ0) is 27.7. The summed E-state index contributed by atoms with van der Waals surface area (Å²) in [6, 6.07) is 21.4. The van der Waals surface area contributed by atoms with E-state index in [-0.39, 0.29) is 11.7 Å². The number of hydrogen-bond donors (Lipinski definition) is 4. The predicted molar refractivity (Wildman–Crippen MR) is 147 cm³/mol. The Morgan fingerprint density at radius 1 is 0.923 bits per heavy atom. The van der Waals surface area contributed by atoms with Gasteiger partial charge in [-0.3, -0.25) is 0 Å². The lowest BCUT2D eigenvalue weighted by Crippen LogP contribution is -2.55. The molecule has 0 amide bonds. The maximum atomic E-state index is 10.5. The molecule has 3 aromatic rings. The number of rotatable bonds is 8. The molecule has 208 valence electrons. The average Bonchev–Trinajstić information content (AvgIpc) is 3.19. The number of aliphatic hydroxyl groups is 4. The van der Waals surface area contributed by atoms with Gasteiger partial charge >= 0.3 is 0 Å². The Balaban J connectivity index is 1.21. The first-order valence-electron chi connectivity index (χ1n) is 13.3. The number of halogens is 1. The Morgan fingerprint density at radius 2 is 1.67 bits per heavy atom. The quantitative estimate of drug-likeness (QED) is 0.330. The third-order valence-electron chi connectivity index (χ3n) is 7.65. The van der Waals surface area contributed by atoms with Crippen LogP contribution in [0.3, 0.4) is 0 Å². The molecule has 0 saturated carbocycles. The zero-order valence-corrected chi connectivity index (χ0v) is 22.8. The van der Waals surface area contributed by atoms with Gasteiger partial charge in [0.2, 0.25) is 0 Å². The van der Waals surface area contributed by atoms with Gasteiger partial charge in [0.15, 0.2) is 0 Å². The van der Waals surface area contributed by atoms with Crippen LogP contribution in [-0.4, -0.2) is 58.1 Å². The molecule has 1 fully saturated rings. The highest BCUT2D eigenvalue weighted by Crippen LogP contribution is 2.44. The van der Waals surface area contributed by atoms with Gasteiger partial charge in [-0.1, -0.05) is 60.1 Å². The third kappa shape index (κ3) is 5.86. The van der Waals surface area contributed by atoms with E-state index in [0.29, 0.717) is 23.6 Å². The molecule has 1 saturated heterocycles. The standard InChI is InChI=1S/C31H35ClO7/c1-31(2)23-6-4-3-5-22(23)25(39-31)13-14-37-21-10-7-18(8-11-21)15-20-16-19(9-12-24(20)32)30-29(36)28(35)27(34)26(17-33)38-30/h3-12,16,25-30,33-36H,13-15,17H2,1-2H3/t25?,26-,27-,28+,29-,30+/m1/s1. The third-order valence-corrected chi connectivity index (χ3v) is 8.02. The molecule has 3 aromatic carbocycles. The van der Waals surface area contributed by atoms with Gasteiger partial charge in [-0.2, -0.15) is 0 Å². The summed E-state index contributed by atoms with van der Waals surface area (Å²) in [6.07, 6.45) is -4.77. The van der Waals surface area contributed by atoms with E-state index >= 15 is 0 Å². The second-order valence-electron chi connectivity index (χ2n) is 10.8. The van der Waals surface area contributed by atoms with Crippen LogP contribution < -0.4 is 4.74 Å². The van der Waals surface area contributed by atoms with E-state index in [9.17, 15) is 20.4 Å². The summed E-state index contributed by atoms with van der Waals surface area (Å²) in [5.41, 5.74) is 4.59. The van der Waals surface area contributed by atoms with Crippen LogP contribution in [0.2, 0.25) is 5.02 Å². The van der Waals surface area contributed by atoms with Crippen LogP contribution in [0.25, 0.3) is 0 Å². The summed E-state index contributed by atoms with van der Waals surface area (Å²) in [7, 11) is 0. The number of fused-ring (bicyclic) bond motifs is 1. The maximum absolute atomic E-state index is 10.5. The van der Waals surface area contributed by atoms with Crippen LogP contribution in [0, 0.1) is 0 Å². The largest absolute Gasteiger partial charge is 0.493 e. The SMILES string of the molecule is CC1(C)OC(CCOc2ccc(Cc3cc([C@@H]4O[C@H](CO)[C@@H](O)[C@H](O)[C@H]4O)ccc3Cl)cc2)c2ccccc21. The highest BCUT2D eigenvalue weighted by atomic mass is 35.5. The Hall–Kier alpha value is -2.49. The van der Waals surface area contributed by atoms with Crippen molar-refractivity contribution in [3.63, 3.8) is 0 Å². The summed E-state index contributed by atoms with van der Waals surface area (Å²) in [6.45, 7) is 4.24. The van der Waals surface area contributed by atoms with Crippen LogP contribution >= 0.6 is 11.6 Å². The smallest absolute Gasteiger partial charge is 0.119 e. The first-order chi connectivity index (χ1) is 18.7. The predicted octanol–water partition coefficient (Wildman–Crippen LogP) is 4.22. The molecule has 0 aromatic heterocycles. The molecule has 2 aliphatic rings. The number of hydrogen-bond acceptors (Lipinski definition) is 7. The fraction of sp³-hybridized carbons (Fsp3) is 0.419. The van der Waals surface area contributed by atoms with E-state index in [1.165, 1.54) is 11.1 Å². The molecule has 7 nitrogen and oxygen atoms in total. The molecule has 2 aliphatic heterocycles. The minimum absolute atomic E-state index is 0.00795. The lowest BCUT2D eigenvalue weighted by atomic mass is 9.90.